The van der Waals surface area contributed by atoms with Crippen LogP contribution in [-0.2, 0) is 11.3 Å². The molecule has 0 aliphatic heterocycles. The summed E-state index contributed by atoms with van der Waals surface area (Å²) in [6, 6.07) is 8.11. The second-order valence-electron chi connectivity index (χ2n) is 7.59. The number of aromatic nitrogens is 1. The smallest absolute Gasteiger partial charge is 0.326 e. The van der Waals surface area contributed by atoms with Gasteiger partial charge in [-0.15, -0.1) is 0 Å². The van der Waals surface area contributed by atoms with Crippen molar-refractivity contribution in [2.45, 2.75) is 51.6 Å². The molecule has 7 heteroatoms. The number of aryl methyl sites for hydroxylation is 1. The van der Waals surface area contributed by atoms with E-state index in [1.807, 2.05) is 13.0 Å². The normalized spacial score (nSPS) is 15.1. The van der Waals surface area contributed by atoms with E-state index in [0.717, 1.165) is 42.6 Å². The fourth-order valence-electron chi connectivity index (χ4n) is 3.75. The lowest BCUT2D eigenvalue weighted by Gasteiger charge is -2.18. The maximum Gasteiger partial charge on any atom is 0.326 e. The highest BCUT2D eigenvalue weighted by molar-refractivity contribution is 6.30. The van der Waals surface area contributed by atoms with Crippen molar-refractivity contribution < 1.29 is 14.7 Å². The number of nitrogens with zero attached hydrogens (tertiary/aromatic N) is 1. The Bertz CT molecular complexity index is 881. The number of halogens is 1. The molecule has 1 heterocycles. The molecule has 1 aromatic heterocycles. The van der Waals surface area contributed by atoms with Gasteiger partial charge >= 0.3 is 5.97 Å². The van der Waals surface area contributed by atoms with E-state index in [9.17, 15) is 14.7 Å². The highest BCUT2D eigenvalue weighted by Crippen LogP contribution is 2.28. The third-order valence-corrected chi connectivity index (χ3v) is 5.58. The minimum Gasteiger partial charge on any atom is -0.480 e. The number of aliphatic carboxylic acids is 1. The zero-order chi connectivity index (χ0) is 20.8. The molecule has 1 aromatic carbocycles. The van der Waals surface area contributed by atoms with Gasteiger partial charge in [-0.3, -0.25) is 9.78 Å². The van der Waals surface area contributed by atoms with Crippen LogP contribution in [0.1, 0.15) is 53.7 Å². The second-order valence-corrected chi connectivity index (χ2v) is 8.03. The van der Waals surface area contributed by atoms with Gasteiger partial charge in [-0.2, -0.15) is 0 Å². The summed E-state index contributed by atoms with van der Waals surface area (Å²) in [6.45, 7) is 2.38. The van der Waals surface area contributed by atoms with Crippen molar-refractivity contribution in [3.8, 4) is 0 Å². The van der Waals surface area contributed by atoms with Gasteiger partial charge in [0.1, 0.15) is 6.04 Å². The van der Waals surface area contributed by atoms with E-state index in [0.29, 0.717) is 29.5 Å². The molecule has 0 radical (unpaired) electrons. The third-order valence-electron chi connectivity index (χ3n) is 5.37. The van der Waals surface area contributed by atoms with Crippen LogP contribution < -0.4 is 10.6 Å². The lowest BCUT2D eigenvalue weighted by Crippen LogP contribution is -2.41. The Kier molecular flexibility index (Phi) is 7.09. The lowest BCUT2D eigenvalue weighted by molar-refractivity contribution is -0.139. The maximum atomic E-state index is 12.6. The third kappa shape index (κ3) is 5.94. The predicted octanol–water partition coefficient (Wildman–Crippen LogP) is 4.42. The highest BCUT2D eigenvalue weighted by Gasteiger charge is 2.26. The van der Waals surface area contributed by atoms with E-state index in [1.54, 1.807) is 30.5 Å². The summed E-state index contributed by atoms with van der Waals surface area (Å²) in [5.41, 5.74) is 3.01. The van der Waals surface area contributed by atoms with Crippen LogP contribution in [0.15, 0.2) is 36.5 Å². The van der Waals surface area contributed by atoms with Crippen molar-refractivity contribution in [2.24, 2.45) is 5.92 Å². The van der Waals surface area contributed by atoms with Crippen LogP contribution in [0.2, 0.25) is 5.02 Å². The molecule has 1 aliphatic rings. The molecule has 1 fully saturated rings. The first kappa shape index (κ1) is 21.1. The summed E-state index contributed by atoms with van der Waals surface area (Å²) in [5, 5.41) is 16.0. The maximum absolute atomic E-state index is 12.6. The van der Waals surface area contributed by atoms with Crippen molar-refractivity contribution in [3.63, 3.8) is 0 Å². The number of benzene rings is 1. The van der Waals surface area contributed by atoms with Crippen molar-refractivity contribution in [1.29, 1.82) is 0 Å². The van der Waals surface area contributed by atoms with Gasteiger partial charge in [0.05, 0.1) is 16.4 Å². The molecule has 3 N–H and O–H groups in total. The number of hydrogen-bond acceptors (Lipinski definition) is 4. The summed E-state index contributed by atoms with van der Waals surface area (Å²) >= 11 is 6.00. The number of nitrogens with one attached hydrogen (secondary N) is 2. The first-order valence-corrected chi connectivity index (χ1v) is 10.3. The van der Waals surface area contributed by atoms with Gasteiger partial charge in [0.15, 0.2) is 0 Å². The van der Waals surface area contributed by atoms with Gasteiger partial charge < -0.3 is 15.7 Å². The fraction of sp³-hybridized carbons (Fsp3) is 0.409. The zero-order valence-electron chi connectivity index (χ0n) is 16.5. The molecular formula is C22H26ClN3O3. The van der Waals surface area contributed by atoms with Crippen molar-refractivity contribution in [2.75, 3.05) is 5.32 Å². The summed E-state index contributed by atoms with van der Waals surface area (Å²) in [6.07, 6.45) is 6.45. The molecule has 29 heavy (non-hydrogen) atoms. The van der Waals surface area contributed by atoms with Crippen LogP contribution in [0.25, 0.3) is 0 Å². The lowest BCUT2D eigenvalue weighted by atomic mass is 9.98. The summed E-state index contributed by atoms with van der Waals surface area (Å²) in [4.78, 5) is 28.4. The molecule has 154 valence electrons. The van der Waals surface area contributed by atoms with Crippen LogP contribution in [0.4, 0.5) is 5.69 Å². The molecular weight excluding hydrogens is 390 g/mol. The van der Waals surface area contributed by atoms with Gasteiger partial charge in [-0.05, 0) is 43.0 Å². The minimum atomic E-state index is -0.980. The Morgan fingerprint density at radius 3 is 2.76 bits per heavy atom. The Labute approximate surface area is 175 Å². The topological polar surface area (TPSA) is 91.3 Å². The van der Waals surface area contributed by atoms with Crippen molar-refractivity contribution >= 4 is 29.2 Å². The van der Waals surface area contributed by atoms with Crippen molar-refractivity contribution in [3.05, 3.63) is 58.4 Å². The van der Waals surface area contributed by atoms with Crippen LogP contribution in [0.3, 0.4) is 0 Å². The van der Waals surface area contributed by atoms with Crippen LogP contribution in [0.5, 0.6) is 0 Å². The van der Waals surface area contributed by atoms with E-state index in [2.05, 4.69) is 15.6 Å². The first-order chi connectivity index (χ1) is 13.9. The molecule has 0 unspecified atom stereocenters. The van der Waals surface area contributed by atoms with Crippen molar-refractivity contribution in [1.82, 2.24) is 10.3 Å². The number of anilines is 1. The molecule has 0 bridgehead atoms. The SMILES string of the molecule is Cc1ncc(Cl)cc1NCc1cccc(C(=O)N[C@@H](CC2CCCC2)C(=O)O)c1. The predicted molar refractivity (Wildman–Crippen MR) is 113 cm³/mol. The number of carboxylic acid groups (broad SMARTS) is 1. The van der Waals surface area contributed by atoms with Crippen LogP contribution in [0, 0.1) is 12.8 Å². The number of hydrogen-bond donors (Lipinski definition) is 3. The Balaban J connectivity index is 1.63. The van der Waals surface area contributed by atoms with Gasteiger partial charge in [-0.1, -0.05) is 49.4 Å². The average molecular weight is 416 g/mol. The number of carbonyl (C=O) groups excluding carboxylic acids is 1. The Morgan fingerprint density at radius 1 is 1.28 bits per heavy atom. The first-order valence-electron chi connectivity index (χ1n) is 9.91. The zero-order valence-corrected chi connectivity index (χ0v) is 17.2. The molecule has 3 rings (SSSR count). The molecule has 0 spiro atoms. The Hall–Kier alpha value is -2.60. The number of pyridine rings is 1. The van der Waals surface area contributed by atoms with Gasteiger partial charge in [0.2, 0.25) is 0 Å². The monoisotopic (exact) mass is 415 g/mol. The number of rotatable bonds is 8. The van der Waals surface area contributed by atoms with E-state index < -0.39 is 12.0 Å². The quantitative estimate of drug-likeness (QED) is 0.593. The number of carbonyl (C=O) groups is 2. The van der Waals surface area contributed by atoms with Gasteiger partial charge in [0, 0.05) is 18.3 Å². The van der Waals surface area contributed by atoms with E-state index >= 15 is 0 Å². The molecule has 6 nitrogen and oxygen atoms in total. The van der Waals surface area contributed by atoms with E-state index in [1.165, 1.54) is 0 Å². The highest BCUT2D eigenvalue weighted by atomic mass is 35.5. The van der Waals surface area contributed by atoms with Crippen LogP contribution in [-0.4, -0.2) is 28.0 Å². The molecule has 1 aliphatic carbocycles. The molecule has 0 saturated heterocycles. The molecule has 1 saturated carbocycles. The second kappa shape index (κ2) is 9.74. The molecule has 1 atom stereocenters. The fourth-order valence-corrected chi connectivity index (χ4v) is 3.91. The molecule has 2 aromatic rings. The average Bonchev–Trinajstić information content (AvgIpc) is 3.21. The Morgan fingerprint density at radius 2 is 2.03 bits per heavy atom. The minimum absolute atomic E-state index is 0.363. The summed E-state index contributed by atoms with van der Waals surface area (Å²) < 4.78 is 0. The van der Waals surface area contributed by atoms with Gasteiger partial charge in [-0.25, -0.2) is 4.79 Å². The largest absolute Gasteiger partial charge is 0.480 e. The van der Waals surface area contributed by atoms with Gasteiger partial charge in [0.25, 0.3) is 5.91 Å². The number of carboxylic acids is 1. The molecule has 1 amide bonds. The van der Waals surface area contributed by atoms with Crippen LogP contribution >= 0.6 is 11.6 Å². The summed E-state index contributed by atoms with van der Waals surface area (Å²) in [5.74, 6) is -0.966. The van der Waals surface area contributed by atoms with E-state index in [4.69, 9.17) is 11.6 Å². The number of amides is 1. The van der Waals surface area contributed by atoms with E-state index in [-0.39, 0.29) is 5.91 Å². The summed E-state index contributed by atoms with van der Waals surface area (Å²) in [7, 11) is 0. The standard InChI is InChI=1S/C22H26ClN3O3/c1-14-19(11-18(23)13-24-14)25-12-16-7-4-8-17(9-16)21(27)26-20(22(28)29)10-15-5-2-3-6-15/h4,7-9,11,13,15,20,25H,2-3,5-6,10,12H2,1H3,(H,26,27)(H,28,29)/t20-/m0/s1.